The Morgan fingerprint density at radius 3 is 2.71 bits per heavy atom. The lowest BCUT2D eigenvalue weighted by atomic mass is 9.81. The fourth-order valence-corrected chi connectivity index (χ4v) is 2.99. The first-order chi connectivity index (χ1) is 8.24. The van der Waals surface area contributed by atoms with Gasteiger partial charge in [-0.25, -0.2) is 4.39 Å². The maximum absolute atomic E-state index is 14.4. The van der Waals surface area contributed by atoms with Gasteiger partial charge in [-0.15, -0.1) is 0 Å². The number of hydrogen-bond acceptors (Lipinski definition) is 2. The van der Waals surface area contributed by atoms with Crippen molar-refractivity contribution in [2.75, 3.05) is 25.0 Å². The van der Waals surface area contributed by atoms with Crippen molar-refractivity contribution in [3.05, 3.63) is 35.7 Å². The van der Waals surface area contributed by atoms with Crippen LogP contribution >= 0.6 is 0 Å². The van der Waals surface area contributed by atoms with Gasteiger partial charge in [-0.1, -0.05) is 18.2 Å². The number of benzene rings is 1. The van der Waals surface area contributed by atoms with Gasteiger partial charge in [0.25, 0.3) is 0 Å². The van der Waals surface area contributed by atoms with Crippen LogP contribution < -0.4 is 10.2 Å². The third-order valence-electron chi connectivity index (χ3n) is 4.10. The molecule has 1 spiro atoms. The predicted octanol–water partition coefficient (Wildman–Crippen LogP) is 2.57. The molecule has 1 aromatic carbocycles. The lowest BCUT2D eigenvalue weighted by Crippen LogP contribution is -2.55. The molecule has 90 valence electrons. The van der Waals surface area contributed by atoms with E-state index in [1.807, 2.05) is 25.2 Å². The first kappa shape index (κ1) is 10.8. The fourth-order valence-electron chi connectivity index (χ4n) is 2.99. The van der Waals surface area contributed by atoms with E-state index in [2.05, 4.69) is 16.3 Å². The first-order valence-corrected chi connectivity index (χ1v) is 6.15. The molecule has 2 nitrogen and oxygen atoms in total. The fraction of sp³-hybridized carbons (Fsp3) is 0.429. The molecule has 3 heteroatoms. The number of para-hydroxylation sites is 1. The SMILES string of the molecule is CN1c2ccccc2C=C(F)C12CCNCC2. The number of anilines is 1. The van der Waals surface area contributed by atoms with Crippen molar-refractivity contribution < 1.29 is 4.39 Å². The monoisotopic (exact) mass is 232 g/mol. The molecular formula is C14H17FN2. The van der Waals surface area contributed by atoms with Crippen molar-refractivity contribution in [1.29, 1.82) is 0 Å². The van der Waals surface area contributed by atoms with Gasteiger partial charge in [0.05, 0.1) is 5.54 Å². The molecule has 0 unspecified atom stereocenters. The standard InChI is InChI=1S/C14H17FN2/c1-17-12-5-3-2-4-11(12)10-13(15)14(17)6-8-16-9-7-14/h2-5,10,16H,6-9H2,1H3. The van der Waals surface area contributed by atoms with Crippen molar-refractivity contribution in [3.63, 3.8) is 0 Å². The van der Waals surface area contributed by atoms with E-state index in [4.69, 9.17) is 0 Å². The summed E-state index contributed by atoms with van der Waals surface area (Å²) < 4.78 is 14.4. The second-order valence-corrected chi connectivity index (χ2v) is 4.89. The first-order valence-electron chi connectivity index (χ1n) is 6.15. The van der Waals surface area contributed by atoms with Gasteiger partial charge < -0.3 is 10.2 Å². The molecule has 1 saturated heterocycles. The lowest BCUT2D eigenvalue weighted by Gasteiger charge is -2.47. The largest absolute Gasteiger partial charge is 0.362 e. The summed E-state index contributed by atoms with van der Waals surface area (Å²) in [6.45, 7) is 1.77. The van der Waals surface area contributed by atoms with Crippen molar-refractivity contribution >= 4 is 11.8 Å². The highest BCUT2D eigenvalue weighted by molar-refractivity contribution is 5.75. The van der Waals surface area contributed by atoms with Gasteiger partial charge in [-0.05, 0) is 38.1 Å². The minimum Gasteiger partial charge on any atom is -0.362 e. The van der Waals surface area contributed by atoms with Crippen LogP contribution in [0.2, 0.25) is 0 Å². The van der Waals surface area contributed by atoms with Crippen LogP contribution in [0.15, 0.2) is 30.1 Å². The molecule has 1 fully saturated rings. The second-order valence-electron chi connectivity index (χ2n) is 4.89. The van der Waals surface area contributed by atoms with Crippen LogP contribution in [0.25, 0.3) is 6.08 Å². The molecule has 0 atom stereocenters. The Morgan fingerprint density at radius 1 is 1.24 bits per heavy atom. The topological polar surface area (TPSA) is 15.3 Å². The Hall–Kier alpha value is -1.35. The number of hydrogen-bond donors (Lipinski definition) is 1. The molecule has 17 heavy (non-hydrogen) atoms. The average Bonchev–Trinajstić information content (AvgIpc) is 2.38. The van der Waals surface area contributed by atoms with Crippen LogP contribution in [0.5, 0.6) is 0 Å². The van der Waals surface area contributed by atoms with Gasteiger partial charge in [0.15, 0.2) is 0 Å². The van der Waals surface area contributed by atoms with E-state index in [1.54, 1.807) is 6.08 Å². The third-order valence-corrected chi connectivity index (χ3v) is 4.10. The Kier molecular flexibility index (Phi) is 2.44. The van der Waals surface area contributed by atoms with E-state index >= 15 is 0 Å². The maximum atomic E-state index is 14.4. The van der Waals surface area contributed by atoms with Gasteiger partial charge >= 0.3 is 0 Å². The van der Waals surface area contributed by atoms with Gasteiger partial charge in [0.2, 0.25) is 0 Å². The molecule has 0 aromatic heterocycles. The van der Waals surface area contributed by atoms with Crippen LogP contribution in [-0.4, -0.2) is 25.7 Å². The van der Waals surface area contributed by atoms with E-state index in [-0.39, 0.29) is 5.83 Å². The minimum atomic E-state index is -0.417. The summed E-state index contributed by atoms with van der Waals surface area (Å²) in [7, 11) is 2.01. The molecule has 0 aliphatic carbocycles. The minimum absolute atomic E-state index is 0.0141. The van der Waals surface area contributed by atoms with Crippen molar-refractivity contribution in [1.82, 2.24) is 5.32 Å². The highest BCUT2D eigenvalue weighted by atomic mass is 19.1. The molecule has 0 radical (unpaired) electrons. The summed E-state index contributed by atoms with van der Waals surface area (Å²) in [6.07, 6.45) is 3.38. The molecule has 1 aromatic rings. The van der Waals surface area contributed by atoms with Crippen LogP contribution in [-0.2, 0) is 0 Å². The van der Waals surface area contributed by atoms with Gasteiger partial charge in [0, 0.05) is 18.3 Å². The van der Waals surface area contributed by atoms with E-state index in [0.29, 0.717) is 0 Å². The lowest BCUT2D eigenvalue weighted by molar-refractivity contribution is 0.294. The second kappa shape index (κ2) is 3.84. The Bertz CT molecular complexity index is 461. The molecule has 0 amide bonds. The smallest absolute Gasteiger partial charge is 0.126 e. The summed E-state index contributed by atoms with van der Waals surface area (Å²) in [5.41, 5.74) is 1.70. The number of rotatable bonds is 0. The summed E-state index contributed by atoms with van der Waals surface area (Å²) in [4.78, 5) is 2.12. The quantitative estimate of drug-likeness (QED) is 0.739. The van der Waals surface area contributed by atoms with E-state index < -0.39 is 5.54 Å². The average molecular weight is 232 g/mol. The Balaban J connectivity index is 2.10. The number of fused-ring (bicyclic) bond motifs is 1. The van der Waals surface area contributed by atoms with E-state index in [1.165, 1.54) is 0 Å². The highest BCUT2D eigenvalue weighted by Crippen LogP contribution is 2.43. The van der Waals surface area contributed by atoms with Gasteiger partial charge in [-0.3, -0.25) is 0 Å². The van der Waals surface area contributed by atoms with Gasteiger partial charge in [-0.2, -0.15) is 0 Å². The zero-order chi connectivity index (χ0) is 11.9. The van der Waals surface area contributed by atoms with Gasteiger partial charge in [0.1, 0.15) is 5.83 Å². The Labute approximate surface area is 101 Å². The number of nitrogens with one attached hydrogen (secondary N) is 1. The van der Waals surface area contributed by atoms with Crippen molar-refractivity contribution in [2.24, 2.45) is 0 Å². The molecule has 3 rings (SSSR count). The molecule has 2 heterocycles. The number of halogens is 1. The maximum Gasteiger partial charge on any atom is 0.126 e. The highest BCUT2D eigenvalue weighted by Gasteiger charge is 2.43. The summed E-state index contributed by atoms with van der Waals surface area (Å²) >= 11 is 0. The summed E-state index contributed by atoms with van der Waals surface area (Å²) in [5, 5.41) is 3.30. The summed E-state index contributed by atoms with van der Waals surface area (Å²) in [6, 6.07) is 8.01. The number of likely N-dealkylation sites (N-methyl/N-ethyl adjacent to an activating group) is 1. The molecule has 1 N–H and O–H groups in total. The van der Waals surface area contributed by atoms with Crippen LogP contribution in [0.3, 0.4) is 0 Å². The molecule has 0 bridgehead atoms. The zero-order valence-corrected chi connectivity index (χ0v) is 10.0. The van der Waals surface area contributed by atoms with Crippen LogP contribution in [0, 0.1) is 0 Å². The number of nitrogens with zero attached hydrogens (tertiary/aromatic N) is 1. The molecule has 0 saturated carbocycles. The number of piperidine rings is 1. The van der Waals surface area contributed by atoms with E-state index in [0.717, 1.165) is 37.2 Å². The molecular weight excluding hydrogens is 215 g/mol. The summed E-state index contributed by atoms with van der Waals surface area (Å²) in [5.74, 6) is 0.0141. The Morgan fingerprint density at radius 2 is 1.94 bits per heavy atom. The third kappa shape index (κ3) is 1.49. The van der Waals surface area contributed by atoms with Crippen molar-refractivity contribution in [2.45, 2.75) is 18.4 Å². The zero-order valence-electron chi connectivity index (χ0n) is 10.0. The van der Waals surface area contributed by atoms with Crippen LogP contribution in [0.1, 0.15) is 18.4 Å². The predicted molar refractivity (Wildman–Crippen MR) is 68.8 cm³/mol. The molecule has 2 aliphatic rings. The van der Waals surface area contributed by atoms with E-state index in [9.17, 15) is 4.39 Å². The van der Waals surface area contributed by atoms with Crippen molar-refractivity contribution in [3.8, 4) is 0 Å². The molecule has 2 aliphatic heterocycles. The normalized spacial score (nSPS) is 22.2. The van der Waals surface area contributed by atoms with Crippen LogP contribution in [0.4, 0.5) is 10.1 Å².